The monoisotopic (exact) mass is 169 g/mol. The Morgan fingerprint density at radius 2 is 2.18 bits per heavy atom. The molecule has 0 aromatic heterocycles. The summed E-state index contributed by atoms with van der Waals surface area (Å²) in [5.74, 6) is 0.914. The van der Waals surface area contributed by atoms with Crippen LogP contribution in [0.1, 0.15) is 19.8 Å². The second-order valence-corrected chi connectivity index (χ2v) is 4.45. The van der Waals surface area contributed by atoms with E-state index in [0.29, 0.717) is 0 Å². The molecule has 62 valence electrons. The molecule has 0 atom stereocenters. The normalized spacial score (nSPS) is 16.1. The molecular formula is C9H15NS. The summed E-state index contributed by atoms with van der Waals surface area (Å²) < 4.78 is 0. The van der Waals surface area contributed by atoms with E-state index >= 15 is 0 Å². The lowest BCUT2D eigenvalue weighted by atomic mass is 10.4. The van der Waals surface area contributed by atoms with Crippen molar-refractivity contribution in [3.05, 3.63) is 23.1 Å². The maximum absolute atomic E-state index is 3.89. The zero-order valence-electron chi connectivity index (χ0n) is 7.02. The number of hydrogen-bond acceptors (Lipinski definition) is 2. The quantitative estimate of drug-likeness (QED) is 0.679. The maximum atomic E-state index is 3.89. The maximum Gasteiger partial charge on any atom is 0.0653 e. The largest absolute Gasteiger partial charge is 0.380 e. The van der Waals surface area contributed by atoms with E-state index in [4.69, 9.17) is 0 Å². The van der Waals surface area contributed by atoms with Crippen LogP contribution in [-0.2, 0) is 0 Å². The summed E-state index contributed by atoms with van der Waals surface area (Å²) in [4.78, 5) is 1.10. The van der Waals surface area contributed by atoms with E-state index in [9.17, 15) is 0 Å². The molecule has 0 aromatic carbocycles. The van der Waals surface area contributed by atoms with Gasteiger partial charge in [-0.25, -0.2) is 0 Å². The summed E-state index contributed by atoms with van der Waals surface area (Å²) in [6.45, 7) is 10.8. The topological polar surface area (TPSA) is 12.0 Å². The van der Waals surface area contributed by atoms with Gasteiger partial charge in [0, 0.05) is 6.54 Å². The fraction of sp³-hybridized carbons (Fsp3) is 0.556. The molecular weight excluding hydrogens is 154 g/mol. The van der Waals surface area contributed by atoms with Crippen LogP contribution in [0.2, 0.25) is 0 Å². The van der Waals surface area contributed by atoms with Crippen molar-refractivity contribution in [2.75, 3.05) is 6.54 Å². The highest BCUT2D eigenvalue weighted by atomic mass is 32.2. The van der Waals surface area contributed by atoms with E-state index in [1.165, 1.54) is 12.8 Å². The first-order valence-electron chi connectivity index (χ1n) is 3.94. The molecule has 0 radical (unpaired) electrons. The Labute approximate surface area is 72.9 Å². The van der Waals surface area contributed by atoms with E-state index < -0.39 is 0 Å². The van der Waals surface area contributed by atoms with Crippen molar-refractivity contribution in [2.45, 2.75) is 19.8 Å². The number of nitrogens with one attached hydrogen (secondary N) is 1. The third-order valence-electron chi connectivity index (χ3n) is 1.58. The van der Waals surface area contributed by atoms with Gasteiger partial charge in [-0.2, -0.15) is 0 Å². The highest BCUT2D eigenvalue weighted by Crippen LogP contribution is 2.29. The predicted molar refractivity (Wildman–Crippen MR) is 52.3 cm³/mol. The van der Waals surface area contributed by atoms with Gasteiger partial charge in [0.05, 0.1) is 5.03 Å². The van der Waals surface area contributed by atoms with Gasteiger partial charge in [-0.15, -0.1) is 0 Å². The van der Waals surface area contributed by atoms with Crippen LogP contribution >= 0.6 is 11.8 Å². The van der Waals surface area contributed by atoms with Crippen molar-refractivity contribution >= 4 is 11.8 Å². The van der Waals surface area contributed by atoms with Gasteiger partial charge < -0.3 is 5.32 Å². The third kappa shape index (κ3) is 4.14. The molecule has 0 bridgehead atoms. The van der Waals surface area contributed by atoms with Crippen molar-refractivity contribution in [2.24, 2.45) is 5.92 Å². The van der Waals surface area contributed by atoms with Gasteiger partial charge in [0.25, 0.3) is 0 Å². The van der Waals surface area contributed by atoms with E-state index in [-0.39, 0.29) is 0 Å². The number of thioether (sulfide) groups is 1. The average molecular weight is 169 g/mol. The van der Waals surface area contributed by atoms with Crippen LogP contribution in [0.4, 0.5) is 0 Å². The van der Waals surface area contributed by atoms with Crippen molar-refractivity contribution in [1.29, 1.82) is 0 Å². The van der Waals surface area contributed by atoms with Gasteiger partial charge in [0.15, 0.2) is 0 Å². The van der Waals surface area contributed by atoms with Crippen molar-refractivity contribution < 1.29 is 0 Å². The lowest BCUT2D eigenvalue weighted by molar-refractivity contribution is 0.742. The van der Waals surface area contributed by atoms with Crippen molar-refractivity contribution in [1.82, 2.24) is 5.32 Å². The fourth-order valence-corrected chi connectivity index (χ4v) is 1.40. The van der Waals surface area contributed by atoms with Gasteiger partial charge in [-0.3, -0.25) is 0 Å². The van der Waals surface area contributed by atoms with Crippen LogP contribution in [0.15, 0.2) is 23.1 Å². The molecule has 1 aliphatic rings. The van der Waals surface area contributed by atoms with Gasteiger partial charge in [0.1, 0.15) is 0 Å². The Morgan fingerprint density at radius 1 is 1.55 bits per heavy atom. The highest BCUT2D eigenvalue weighted by Gasteiger charge is 2.20. The van der Waals surface area contributed by atoms with E-state index in [0.717, 1.165) is 22.4 Å². The van der Waals surface area contributed by atoms with Gasteiger partial charge in [-0.05, 0) is 30.6 Å². The van der Waals surface area contributed by atoms with E-state index in [1.807, 2.05) is 6.92 Å². The molecule has 0 amide bonds. The van der Waals surface area contributed by atoms with E-state index in [1.54, 1.807) is 11.8 Å². The SMILES string of the molecule is C=C(C)SC(=C)NCC1CC1. The minimum absolute atomic E-state index is 0.914. The van der Waals surface area contributed by atoms with Crippen LogP contribution in [0.3, 0.4) is 0 Å². The summed E-state index contributed by atoms with van der Waals surface area (Å²) in [6.07, 6.45) is 2.77. The summed E-state index contributed by atoms with van der Waals surface area (Å²) in [5.41, 5.74) is 0. The summed E-state index contributed by atoms with van der Waals surface area (Å²) >= 11 is 1.62. The highest BCUT2D eigenvalue weighted by molar-refractivity contribution is 8.06. The smallest absolute Gasteiger partial charge is 0.0653 e. The molecule has 1 fully saturated rings. The third-order valence-corrected chi connectivity index (χ3v) is 2.32. The van der Waals surface area contributed by atoms with Crippen molar-refractivity contribution in [3.8, 4) is 0 Å². The second-order valence-electron chi connectivity index (χ2n) is 3.05. The molecule has 1 saturated carbocycles. The molecule has 0 aromatic rings. The molecule has 2 heteroatoms. The van der Waals surface area contributed by atoms with Gasteiger partial charge in [-0.1, -0.05) is 24.9 Å². The molecule has 1 rings (SSSR count). The van der Waals surface area contributed by atoms with Crippen LogP contribution in [0.25, 0.3) is 0 Å². The number of hydrogen-bond donors (Lipinski definition) is 1. The molecule has 0 saturated heterocycles. The first-order valence-corrected chi connectivity index (χ1v) is 4.76. The molecule has 0 unspecified atom stereocenters. The Balaban J connectivity index is 2.04. The zero-order valence-corrected chi connectivity index (χ0v) is 7.84. The van der Waals surface area contributed by atoms with Crippen LogP contribution in [0, 0.1) is 5.92 Å². The lowest BCUT2D eigenvalue weighted by Gasteiger charge is -2.06. The number of rotatable bonds is 5. The molecule has 1 aliphatic carbocycles. The Bertz CT molecular complexity index is 170. The number of allylic oxidation sites excluding steroid dienone is 1. The molecule has 1 N–H and O–H groups in total. The lowest BCUT2D eigenvalue weighted by Crippen LogP contribution is -2.13. The zero-order chi connectivity index (χ0) is 8.27. The minimum atomic E-state index is 0.914. The molecule has 1 nitrogen and oxygen atoms in total. The van der Waals surface area contributed by atoms with Crippen molar-refractivity contribution in [3.63, 3.8) is 0 Å². The molecule has 11 heavy (non-hydrogen) atoms. The fourth-order valence-electron chi connectivity index (χ4n) is 0.827. The van der Waals surface area contributed by atoms with Gasteiger partial charge >= 0.3 is 0 Å². The average Bonchev–Trinajstić information content (AvgIpc) is 2.63. The molecule has 0 spiro atoms. The first-order chi connectivity index (χ1) is 5.18. The van der Waals surface area contributed by atoms with Crippen LogP contribution in [0.5, 0.6) is 0 Å². The Morgan fingerprint density at radius 3 is 2.64 bits per heavy atom. The summed E-state index contributed by atoms with van der Waals surface area (Å²) in [7, 11) is 0. The standard InChI is InChI=1S/C9H15NS/c1-7(2)11-8(3)10-6-9-4-5-9/h9-10H,1,3-6H2,2H3. The van der Waals surface area contributed by atoms with E-state index in [2.05, 4.69) is 18.5 Å². The predicted octanol–water partition coefficient (Wildman–Crippen LogP) is 2.72. The first kappa shape index (κ1) is 8.72. The second kappa shape index (κ2) is 3.86. The summed E-state index contributed by atoms with van der Waals surface area (Å²) in [5, 5.41) is 4.32. The Hall–Kier alpha value is -0.370. The molecule has 0 aliphatic heterocycles. The molecule has 0 heterocycles. The van der Waals surface area contributed by atoms with Crippen LogP contribution in [-0.4, -0.2) is 6.54 Å². The minimum Gasteiger partial charge on any atom is -0.380 e. The van der Waals surface area contributed by atoms with Crippen LogP contribution < -0.4 is 5.32 Å². The summed E-state index contributed by atoms with van der Waals surface area (Å²) in [6, 6.07) is 0. The Kier molecular flexibility index (Phi) is 3.06. The van der Waals surface area contributed by atoms with Gasteiger partial charge in [0.2, 0.25) is 0 Å².